The average Bonchev–Trinajstić information content (AvgIpc) is 3.77. The Hall–Kier alpha value is -2.94. The lowest BCUT2D eigenvalue weighted by Gasteiger charge is -2.35. The van der Waals surface area contributed by atoms with Gasteiger partial charge in [0.25, 0.3) is 0 Å². The van der Waals surface area contributed by atoms with Gasteiger partial charge < -0.3 is 25.5 Å². The summed E-state index contributed by atoms with van der Waals surface area (Å²) in [5, 5.41) is 4.55. The van der Waals surface area contributed by atoms with Crippen molar-refractivity contribution >= 4 is 55.0 Å². The van der Waals surface area contributed by atoms with E-state index in [4.69, 9.17) is 27.1 Å². The Balaban J connectivity index is 0.00000100. The molecule has 2 aromatic carbocycles. The van der Waals surface area contributed by atoms with Crippen molar-refractivity contribution in [3.8, 4) is 17.1 Å². The molecule has 2 unspecified atom stereocenters. The molecule has 234 valence electrons. The number of halogens is 3. The van der Waals surface area contributed by atoms with Gasteiger partial charge in [0, 0.05) is 41.7 Å². The number of fused-ring (bicyclic) bond motifs is 5. The molecule has 14 heteroatoms. The van der Waals surface area contributed by atoms with E-state index in [-0.39, 0.29) is 43.0 Å². The highest BCUT2D eigenvalue weighted by Gasteiger charge is 2.45. The van der Waals surface area contributed by atoms with Gasteiger partial charge in [-0.25, -0.2) is 19.7 Å². The number of benzene rings is 2. The summed E-state index contributed by atoms with van der Waals surface area (Å²) in [5.41, 5.74) is 6.79. The van der Waals surface area contributed by atoms with Gasteiger partial charge in [-0.3, -0.25) is 4.90 Å². The number of hydrogen-bond donors (Lipinski definition) is 3. The van der Waals surface area contributed by atoms with Crippen LogP contribution < -0.4 is 26.6 Å². The lowest BCUT2D eigenvalue weighted by atomic mass is 9.95. The standard InChI is InChI=1S/C29H30ClF2N7OS.CH5NO/c30-19-11-18-23(22(32)21(19)17-5-6-20(31)25-24(17)35-27(33)41-25)36-28(40-14-29-7-1-9-39(29)10-2-8-29)37-26(18)38-12-15-3-4-16(13-38)34-15;1-3-2/h5-6,11,15-16,34H,1-4,7-10,12-14H2,(H2,33,35);2H2,1H3. The largest absolute Gasteiger partial charge is 0.461 e. The van der Waals surface area contributed by atoms with Gasteiger partial charge in [-0.2, -0.15) is 9.97 Å². The van der Waals surface area contributed by atoms with Gasteiger partial charge in [0.15, 0.2) is 10.9 Å². The van der Waals surface area contributed by atoms with E-state index in [0.717, 1.165) is 76.0 Å². The average molecular weight is 645 g/mol. The number of piperazine rings is 1. The number of rotatable bonds is 5. The maximum Gasteiger partial charge on any atom is 0.319 e. The van der Waals surface area contributed by atoms with Crippen LogP contribution in [0.25, 0.3) is 32.2 Å². The number of nitrogens with one attached hydrogen (secondary N) is 1. The quantitative estimate of drug-likeness (QED) is 0.259. The second-order valence-electron chi connectivity index (χ2n) is 12.1. The first-order chi connectivity index (χ1) is 21.3. The molecule has 4 aliphatic rings. The minimum atomic E-state index is -0.611. The van der Waals surface area contributed by atoms with Gasteiger partial charge in [0.2, 0.25) is 0 Å². The molecule has 2 aromatic heterocycles. The number of anilines is 2. The molecule has 4 saturated heterocycles. The summed E-state index contributed by atoms with van der Waals surface area (Å²) in [5.74, 6) is 3.90. The number of thiazole rings is 1. The Morgan fingerprint density at radius 3 is 2.50 bits per heavy atom. The van der Waals surface area contributed by atoms with Crippen LogP contribution in [0.5, 0.6) is 6.01 Å². The third-order valence-corrected chi connectivity index (χ3v) is 10.6. The summed E-state index contributed by atoms with van der Waals surface area (Å²) in [7, 11) is 1.40. The smallest absolute Gasteiger partial charge is 0.319 e. The highest BCUT2D eigenvalue weighted by molar-refractivity contribution is 7.22. The molecule has 0 radical (unpaired) electrons. The molecule has 6 heterocycles. The van der Waals surface area contributed by atoms with Crippen LogP contribution in [0.4, 0.5) is 19.7 Å². The van der Waals surface area contributed by atoms with Crippen molar-refractivity contribution in [3.63, 3.8) is 0 Å². The molecule has 0 spiro atoms. The molecule has 0 saturated carbocycles. The van der Waals surface area contributed by atoms with Crippen molar-refractivity contribution < 1.29 is 18.4 Å². The van der Waals surface area contributed by atoms with E-state index in [0.29, 0.717) is 35.5 Å². The Bertz CT molecular complexity index is 1700. The van der Waals surface area contributed by atoms with E-state index in [2.05, 4.69) is 35.8 Å². The molecule has 10 nitrogen and oxygen atoms in total. The fourth-order valence-corrected chi connectivity index (χ4v) is 8.59. The second kappa shape index (κ2) is 11.8. The van der Waals surface area contributed by atoms with Crippen LogP contribution in [-0.4, -0.2) is 77.4 Å². The number of hydrogen-bond acceptors (Lipinski definition) is 11. The van der Waals surface area contributed by atoms with Crippen LogP contribution in [0.3, 0.4) is 0 Å². The minimum Gasteiger partial charge on any atom is -0.461 e. The number of aromatic nitrogens is 3. The lowest BCUT2D eigenvalue weighted by Crippen LogP contribution is -2.51. The van der Waals surface area contributed by atoms with Crippen LogP contribution in [0.2, 0.25) is 5.02 Å². The number of nitrogens with zero attached hydrogens (tertiary/aromatic N) is 5. The van der Waals surface area contributed by atoms with E-state index in [1.807, 2.05) is 0 Å². The molecule has 0 aliphatic carbocycles. The molecule has 44 heavy (non-hydrogen) atoms. The van der Waals surface area contributed by atoms with Crippen LogP contribution in [0, 0.1) is 11.6 Å². The molecule has 2 atom stereocenters. The van der Waals surface area contributed by atoms with Gasteiger partial charge in [-0.05, 0) is 69.8 Å². The Morgan fingerprint density at radius 2 is 1.80 bits per heavy atom. The summed E-state index contributed by atoms with van der Waals surface area (Å²) in [6.45, 7) is 4.17. The molecule has 8 rings (SSSR count). The molecule has 2 bridgehead atoms. The van der Waals surface area contributed by atoms with Gasteiger partial charge in [0.05, 0.1) is 27.9 Å². The van der Waals surface area contributed by atoms with E-state index in [1.165, 1.54) is 19.2 Å². The Labute approximate surface area is 262 Å². The fraction of sp³-hybridized carbons (Fsp3) is 0.500. The zero-order valence-corrected chi connectivity index (χ0v) is 26.0. The van der Waals surface area contributed by atoms with Crippen LogP contribution in [0.1, 0.15) is 38.5 Å². The van der Waals surface area contributed by atoms with Crippen molar-refractivity contribution in [2.45, 2.75) is 56.1 Å². The second-order valence-corrected chi connectivity index (χ2v) is 13.5. The zero-order chi connectivity index (χ0) is 30.6. The molecule has 0 amide bonds. The van der Waals surface area contributed by atoms with Crippen molar-refractivity contribution in [3.05, 3.63) is 34.9 Å². The third kappa shape index (κ3) is 5.13. The van der Waals surface area contributed by atoms with E-state index < -0.39 is 11.6 Å². The highest BCUT2D eigenvalue weighted by atomic mass is 35.5. The van der Waals surface area contributed by atoms with Gasteiger partial charge in [-0.1, -0.05) is 22.9 Å². The lowest BCUT2D eigenvalue weighted by molar-refractivity contribution is 0.108. The first-order valence-electron chi connectivity index (χ1n) is 15.0. The normalized spacial score (nSPS) is 22.4. The van der Waals surface area contributed by atoms with Crippen molar-refractivity contribution in [1.82, 2.24) is 25.2 Å². The maximum atomic E-state index is 16.7. The van der Waals surface area contributed by atoms with Gasteiger partial charge in [-0.15, -0.1) is 0 Å². The summed E-state index contributed by atoms with van der Waals surface area (Å²) in [6.07, 6.45) is 6.67. The minimum absolute atomic E-state index is 0.000597. The zero-order valence-electron chi connectivity index (χ0n) is 24.4. The van der Waals surface area contributed by atoms with Crippen molar-refractivity contribution in [2.75, 3.05) is 50.5 Å². The van der Waals surface area contributed by atoms with E-state index >= 15 is 4.39 Å². The molecule has 5 N–H and O–H groups in total. The fourth-order valence-electron chi connectivity index (χ4n) is 7.54. The monoisotopic (exact) mass is 644 g/mol. The molecule has 4 aromatic rings. The first kappa shape index (κ1) is 29.8. The number of nitrogens with two attached hydrogens (primary N) is 2. The third-order valence-electron chi connectivity index (χ3n) is 9.42. The van der Waals surface area contributed by atoms with Crippen molar-refractivity contribution in [1.29, 1.82) is 0 Å². The first-order valence-corrected chi connectivity index (χ1v) is 16.2. The number of ether oxygens (including phenoxy) is 1. The predicted molar refractivity (Wildman–Crippen MR) is 169 cm³/mol. The van der Waals surface area contributed by atoms with E-state index in [9.17, 15) is 4.39 Å². The highest BCUT2D eigenvalue weighted by Crippen LogP contribution is 2.44. The van der Waals surface area contributed by atoms with Gasteiger partial charge in [0.1, 0.15) is 23.8 Å². The summed E-state index contributed by atoms with van der Waals surface area (Å²) < 4.78 is 37.9. The Morgan fingerprint density at radius 1 is 1.09 bits per heavy atom. The van der Waals surface area contributed by atoms with Gasteiger partial charge >= 0.3 is 6.01 Å². The Kier molecular flexibility index (Phi) is 7.96. The van der Waals surface area contributed by atoms with Crippen molar-refractivity contribution in [2.24, 2.45) is 5.90 Å². The summed E-state index contributed by atoms with van der Waals surface area (Å²) >= 11 is 7.83. The van der Waals surface area contributed by atoms with Crippen LogP contribution in [0.15, 0.2) is 18.2 Å². The summed E-state index contributed by atoms with van der Waals surface area (Å²) in [4.78, 5) is 22.3. The van der Waals surface area contributed by atoms with Crippen LogP contribution in [-0.2, 0) is 4.84 Å². The molecule has 4 fully saturated rings. The molecular weight excluding hydrogens is 610 g/mol. The van der Waals surface area contributed by atoms with Crippen LogP contribution >= 0.6 is 22.9 Å². The molecular formula is C30H35ClF2N8O2S. The SMILES string of the molecule is CON.Nc1nc2c(-c3c(Cl)cc4c(N5CC6CCC(C5)N6)nc(OCC56CCCN5CCC6)nc4c3F)ccc(F)c2s1. The predicted octanol–water partition coefficient (Wildman–Crippen LogP) is 4.87. The van der Waals surface area contributed by atoms with E-state index in [1.54, 1.807) is 6.07 Å². The maximum absolute atomic E-state index is 16.7. The number of nitrogen functional groups attached to an aromatic ring is 1. The molecule has 4 aliphatic heterocycles. The summed E-state index contributed by atoms with van der Waals surface area (Å²) in [6, 6.07) is 5.39. The topological polar surface area (TPSA) is 128 Å².